The molecule has 0 radical (unpaired) electrons. The Morgan fingerprint density at radius 2 is 1.29 bits per heavy atom. The molecule has 1 heterocycles. The average Bonchev–Trinajstić information content (AvgIpc) is 2.56. The molecule has 2 nitrogen and oxygen atoms in total. The lowest BCUT2D eigenvalue weighted by atomic mass is 10.1. The summed E-state index contributed by atoms with van der Waals surface area (Å²) in [6, 6.07) is 17.6. The molecule has 3 aromatic rings. The number of aryl methyl sites for hydroxylation is 1. The molecule has 0 unspecified atom stereocenters. The Kier molecular flexibility index (Phi) is 4.59. The van der Waals surface area contributed by atoms with Gasteiger partial charge in [0.1, 0.15) is 0 Å². The Bertz CT molecular complexity index is 801. The molecule has 2 aromatic carbocycles. The van der Waals surface area contributed by atoms with E-state index in [2.05, 4.69) is 6.92 Å². The minimum atomic E-state index is 0.0462. The second-order valence-corrected chi connectivity index (χ2v) is 4.73. The van der Waals surface area contributed by atoms with Crippen molar-refractivity contribution in [1.82, 2.24) is 4.57 Å². The summed E-state index contributed by atoms with van der Waals surface area (Å²) in [5.74, 6) is 0. The maximum absolute atomic E-state index is 12.7. The van der Waals surface area contributed by atoms with Crippen LogP contribution in [-0.4, -0.2) is 4.57 Å². The summed E-state index contributed by atoms with van der Waals surface area (Å²) in [5, 5.41) is 1.81. The van der Waals surface area contributed by atoms with E-state index in [4.69, 9.17) is 0 Å². The summed E-state index contributed by atoms with van der Waals surface area (Å²) in [6.07, 6.45) is 0. The largest absolute Gasteiger partial charge is 0.281 e. The van der Waals surface area contributed by atoms with E-state index in [0.717, 1.165) is 27.7 Å². The van der Waals surface area contributed by atoms with Gasteiger partial charge in [-0.1, -0.05) is 50.2 Å². The molecule has 3 rings (SSSR count). The zero-order valence-corrected chi connectivity index (χ0v) is 13.1. The minimum Gasteiger partial charge on any atom is -0.281 e. The number of para-hydroxylation sites is 1. The quantitative estimate of drug-likeness (QED) is 0.636. The van der Waals surface area contributed by atoms with Crippen molar-refractivity contribution in [2.45, 2.75) is 27.7 Å². The first-order valence-corrected chi connectivity index (χ1v) is 7.36. The molecule has 0 bridgehead atoms. The minimum absolute atomic E-state index is 0.0462. The predicted octanol–water partition coefficient (Wildman–Crippen LogP) is 4.63. The van der Waals surface area contributed by atoms with Gasteiger partial charge in [-0.05, 0) is 43.0 Å². The molecule has 108 valence electrons. The van der Waals surface area contributed by atoms with Crippen molar-refractivity contribution in [3.05, 3.63) is 76.2 Å². The number of aromatic nitrogens is 1. The number of benzene rings is 2. The van der Waals surface area contributed by atoms with Gasteiger partial charge in [-0.15, -0.1) is 0 Å². The van der Waals surface area contributed by atoms with Crippen molar-refractivity contribution >= 4 is 10.8 Å². The lowest BCUT2D eigenvalue weighted by Crippen LogP contribution is -2.21. The fraction of sp³-hybridized carbons (Fsp3) is 0.211. The number of rotatable bonds is 1. The van der Waals surface area contributed by atoms with Gasteiger partial charge in [-0.2, -0.15) is 0 Å². The van der Waals surface area contributed by atoms with Crippen LogP contribution < -0.4 is 5.56 Å². The normalized spacial score (nSPS) is 10.1. The highest BCUT2D eigenvalue weighted by Gasteiger charge is 2.11. The van der Waals surface area contributed by atoms with Crippen LogP contribution in [0.2, 0.25) is 0 Å². The van der Waals surface area contributed by atoms with Crippen molar-refractivity contribution in [2.75, 3.05) is 0 Å². The van der Waals surface area contributed by atoms with Crippen molar-refractivity contribution in [3.8, 4) is 5.69 Å². The van der Waals surface area contributed by atoms with Crippen LogP contribution in [0.4, 0.5) is 0 Å². The van der Waals surface area contributed by atoms with Crippen LogP contribution in [0, 0.1) is 13.8 Å². The van der Waals surface area contributed by atoms with E-state index in [-0.39, 0.29) is 5.56 Å². The van der Waals surface area contributed by atoms with E-state index in [9.17, 15) is 4.79 Å². The number of hydrogen-bond acceptors (Lipinski definition) is 1. The topological polar surface area (TPSA) is 22.0 Å². The molecule has 0 aliphatic rings. The monoisotopic (exact) mass is 279 g/mol. The number of fused-ring (bicyclic) bond motifs is 1. The zero-order valence-electron chi connectivity index (χ0n) is 13.1. The summed E-state index contributed by atoms with van der Waals surface area (Å²) in [6.45, 7) is 8.06. The summed E-state index contributed by atoms with van der Waals surface area (Å²) in [7, 11) is 0. The van der Waals surface area contributed by atoms with Crippen LogP contribution in [0.25, 0.3) is 16.5 Å². The standard InChI is InChI=1S/C17H15NO.C2H6/c1-12-13(2)18(14-8-4-3-5-9-14)17(19)16-11-7-6-10-15(12)16;1-2/h3-11H,1-2H3;1-2H3. The second kappa shape index (κ2) is 6.40. The number of pyridine rings is 1. The highest BCUT2D eigenvalue weighted by Crippen LogP contribution is 2.20. The smallest absolute Gasteiger partial charge is 0.263 e. The third kappa shape index (κ3) is 2.62. The van der Waals surface area contributed by atoms with E-state index in [1.54, 1.807) is 4.57 Å². The maximum Gasteiger partial charge on any atom is 0.263 e. The van der Waals surface area contributed by atoms with Crippen molar-refractivity contribution in [3.63, 3.8) is 0 Å². The molecule has 0 saturated heterocycles. The number of nitrogens with zero attached hydrogens (tertiary/aromatic N) is 1. The van der Waals surface area contributed by atoms with Crippen LogP contribution in [0.1, 0.15) is 25.1 Å². The molecule has 2 heteroatoms. The molecule has 0 spiro atoms. The van der Waals surface area contributed by atoms with Gasteiger partial charge in [-0.25, -0.2) is 0 Å². The Balaban J connectivity index is 0.000000774. The van der Waals surface area contributed by atoms with Gasteiger partial charge < -0.3 is 0 Å². The van der Waals surface area contributed by atoms with Gasteiger partial charge >= 0.3 is 0 Å². The van der Waals surface area contributed by atoms with E-state index < -0.39 is 0 Å². The molecule has 0 N–H and O–H groups in total. The van der Waals surface area contributed by atoms with Crippen LogP contribution in [-0.2, 0) is 0 Å². The van der Waals surface area contributed by atoms with Crippen molar-refractivity contribution in [1.29, 1.82) is 0 Å². The lowest BCUT2D eigenvalue weighted by Gasteiger charge is -2.14. The zero-order chi connectivity index (χ0) is 15.4. The molecular formula is C19H21NO. The first-order chi connectivity index (χ1) is 10.2. The van der Waals surface area contributed by atoms with E-state index in [1.165, 1.54) is 0 Å². The van der Waals surface area contributed by atoms with Gasteiger partial charge in [0.05, 0.1) is 0 Å². The molecule has 0 aliphatic heterocycles. The Hall–Kier alpha value is -2.35. The van der Waals surface area contributed by atoms with Gasteiger partial charge in [0, 0.05) is 16.8 Å². The SMILES string of the molecule is CC.Cc1c(C)n(-c2ccccc2)c(=O)c2ccccc12. The molecule has 0 atom stereocenters. The summed E-state index contributed by atoms with van der Waals surface area (Å²) in [4.78, 5) is 12.7. The highest BCUT2D eigenvalue weighted by molar-refractivity contribution is 5.85. The molecule has 21 heavy (non-hydrogen) atoms. The predicted molar refractivity (Wildman–Crippen MR) is 90.4 cm³/mol. The number of hydrogen-bond donors (Lipinski definition) is 0. The lowest BCUT2D eigenvalue weighted by molar-refractivity contribution is 0.936. The highest BCUT2D eigenvalue weighted by atomic mass is 16.1. The molecular weight excluding hydrogens is 258 g/mol. The summed E-state index contributed by atoms with van der Waals surface area (Å²) >= 11 is 0. The Morgan fingerprint density at radius 1 is 0.762 bits per heavy atom. The van der Waals surface area contributed by atoms with Crippen LogP contribution in [0.3, 0.4) is 0 Å². The molecule has 0 amide bonds. The van der Waals surface area contributed by atoms with Crippen molar-refractivity contribution in [2.24, 2.45) is 0 Å². The molecule has 0 saturated carbocycles. The van der Waals surface area contributed by atoms with Gasteiger partial charge in [0.25, 0.3) is 5.56 Å². The third-order valence-electron chi connectivity index (χ3n) is 3.66. The molecule has 0 fully saturated rings. The van der Waals surface area contributed by atoms with Crippen molar-refractivity contribution < 1.29 is 0 Å². The Labute approximate surface area is 125 Å². The fourth-order valence-corrected chi connectivity index (χ4v) is 2.52. The second-order valence-electron chi connectivity index (χ2n) is 4.73. The van der Waals surface area contributed by atoms with Gasteiger partial charge in [0.15, 0.2) is 0 Å². The van der Waals surface area contributed by atoms with E-state index >= 15 is 0 Å². The van der Waals surface area contributed by atoms with E-state index in [0.29, 0.717) is 0 Å². The van der Waals surface area contributed by atoms with Gasteiger partial charge in [-0.3, -0.25) is 9.36 Å². The summed E-state index contributed by atoms with van der Waals surface area (Å²) < 4.78 is 1.79. The molecule has 0 aliphatic carbocycles. The first kappa shape index (κ1) is 15.0. The van der Waals surface area contributed by atoms with Crippen LogP contribution in [0.5, 0.6) is 0 Å². The van der Waals surface area contributed by atoms with Crippen LogP contribution in [0.15, 0.2) is 59.4 Å². The van der Waals surface area contributed by atoms with E-state index in [1.807, 2.05) is 75.4 Å². The maximum atomic E-state index is 12.7. The summed E-state index contributed by atoms with van der Waals surface area (Å²) in [5.41, 5.74) is 3.11. The average molecular weight is 279 g/mol. The third-order valence-corrected chi connectivity index (χ3v) is 3.66. The van der Waals surface area contributed by atoms with Crippen LogP contribution >= 0.6 is 0 Å². The first-order valence-electron chi connectivity index (χ1n) is 7.36. The Morgan fingerprint density at radius 3 is 1.90 bits per heavy atom. The van der Waals surface area contributed by atoms with Gasteiger partial charge in [0.2, 0.25) is 0 Å². The molecule has 1 aromatic heterocycles. The fourth-order valence-electron chi connectivity index (χ4n) is 2.52.